The third-order valence-corrected chi connectivity index (χ3v) is 6.23. The van der Waals surface area contributed by atoms with Crippen molar-refractivity contribution >= 4 is 17.7 Å². The van der Waals surface area contributed by atoms with E-state index in [4.69, 9.17) is 9.47 Å². The zero-order valence-corrected chi connectivity index (χ0v) is 17.2. The van der Waals surface area contributed by atoms with Crippen LogP contribution in [0.2, 0.25) is 0 Å². The number of hydrogen-bond acceptors (Lipinski definition) is 7. The average molecular weight is 406 g/mol. The van der Waals surface area contributed by atoms with Gasteiger partial charge in [0.05, 0.1) is 6.61 Å². The fourth-order valence-electron chi connectivity index (χ4n) is 4.85. The van der Waals surface area contributed by atoms with Crippen molar-refractivity contribution < 1.29 is 14.3 Å². The molecule has 0 saturated heterocycles. The van der Waals surface area contributed by atoms with E-state index < -0.39 is 11.6 Å². The summed E-state index contributed by atoms with van der Waals surface area (Å²) in [5.74, 6) is -0.171. The van der Waals surface area contributed by atoms with Crippen LogP contribution in [-0.2, 0) is 45.6 Å². The Morgan fingerprint density at radius 2 is 1.83 bits per heavy atom. The predicted octanol–water partition coefficient (Wildman–Crippen LogP) is 3.10. The second-order valence-corrected chi connectivity index (χ2v) is 8.02. The smallest absolute Gasteiger partial charge is 0.358 e. The highest BCUT2D eigenvalue weighted by Gasteiger charge is 2.49. The molecule has 1 aliphatic heterocycles. The van der Waals surface area contributed by atoms with Gasteiger partial charge in [-0.25, -0.2) is 19.8 Å². The van der Waals surface area contributed by atoms with Crippen LogP contribution in [0.25, 0.3) is 0 Å². The summed E-state index contributed by atoms with van der Waals surface area (Å²) in [7, 11) is 0. The lowest BCUT2D eigenvalue weighted by Crippen LogP contribution is -2.47. The molecule has 0 radical (unpaired) electrons. The van der Waals surface area contributed by atoms with Crippen LogP contribution in [-0.4, -0.2) is 35.1 Å². The normalized spacial score (nSPS) is 22.0. The molecule has 0 fully saturated rings. The van der Waals surface area contributed by atoms with E-state index in [1.54, 1.807) is 25.4 Å². The number of carbonyl (C=O) groups is 1. The fourth-order valence-corrected chi connectivity index (χ4v) is 4.85. The molecule has 7 nitrogen and oxygen atoms in total. The van der Waals surface area contributed by atoms with Gasteiger partial charge in [-0.05, 0) is 73.8 Å². The van der Waals surface area contributed by atoms with Gasteiger partial charge in [-0.2, -0.15) is 0 Å². The first-order valence-corrected chi connectivity index (χ1v) is 10.8. The number of amidine groups is 1. The number of aromatic nitrogens is 2. The number of nitrogens with one attached hydrogen (secondary N) is 1. The van der Waals surface area contributed by atoms with E-state index in [2.05, 4.69) is 26.3 Å². The number of carbonyl (C=O) groups excluding carboxylic acids is 1. The SMILES string of the molecule is CCOC(=O)C1(c2ncccn2)CCN=C(Nc2c3c(cc4c2CCC4)CCC3)O1. The Hall–Kier alpha value is -2.96. The maximum Gasteiger partial charge on any atom is 0.358 e. The van der Waals surface area contributed by atoms with Crippen molar-refractivity contribution in [3.63, 3.8) is 0 Å². The number of esters is 1. The summed E-state index contributed by atoms with van der Waals surface area (Å²) in [4.78, 5) is 26.2. The second-order valence-electron chi connectivity index (χ2n) is 8.02. The van der Waals surface area contributed by atoms with Crippen LogP contribution in [0.4, 0.5) is 5.69 Å². The molecule has 7 heteroatoms. The van der Waals surface area contributed by atoms with E-state index in [0.717, 1.165) is 31.4 Å². The monoisotopic (exact) mass is 406 g/mol. The van der Waals surface area contributed by atoms with Gasteiger partial charge in [-0.15, -0.1) is 0 Å². The molecule has 1 atom stereocenters. The first-order valence-electron chi connectivity index (χ1n) is 10.8. The minimum absolute atomic E-state index is 0.260. The fraction of sp³-hybridized carbons (Fsp3) is 0.478. The topological polar surface area (TPSA) is 85.7 Å². The third kappa shape index (κ3) is 3.13. The molecule has 1 N–H and O–H groups in total. The molecule has 1 unspecified atom stereocenters. The summed E-state index contributed by atoms with van der Waals surface area (Å²) >= 11 is 0. The zero-order chi connectivity index (χ0) is 20.6. The molecule has 1 aromatic carbocycles. The summed E-state index contributed by atoms with van der Waals surface area (Å²) in [6.07, 6.45) is 10.3. The standard InChI is InChI=1S/C23H26N4O3/c1-2-29-21(28)23(20-24-11-5-12-25-20)10-13-26-22(30-23)27-19-17-8-3-6-15(17)14-16-7-4-9-18(16)19/h5,11-12,14H,2-4,6-10,13H2,1H3,(H,26,27). The Bertz CT molecular complexity index is 973. The molecular formula is C23H26N4O3. The second kappa shape index (κ2) is 7.70. The number of aryl methyl sites for hydroxylation is 2. The summed E-state index contributed by atoms with van der Waals surface area (Å²) < 4.78 is 11.6. The number of ether oxygens (including phenoxy) is 2. The van der Waals surface area contributed by atoms with Crippen LogP contribution in [0.1, 0.15) is 54.3 Å². The van der Waals surface area contributed by atoms with Crippen molar-refractivity contribution in [1.29, 1.82) is 0 Å². The zero-order valence-electron chi connectivity index (χ0n) is 17.2. The van der Waals surface area contributed by atoms with Crippen LogP contribution in [0.5, 0.6) is 0 Å². The molecular weight excluding hydrogens is 380 g/mol. The van der Waals surface area contributed by atoms with E-state index in [9.17, 15) is 4.79 Å². The van der Waals surface area contributed by atoms with E-state index in [0.29, 0.717) is 24.8 Å². The van der Waals surface area contributed by atoms with E-state index >= 15 is 0 Å². The quantitative estimate of drug-likeness (QED) is 0.786. The van der Waals surface area contributed by atoms with Crippen molar-refractivity contribution in [3.8, 4) is 0 Å². The molecule has 0 amide bonds. The van der Waals surface area contributed by atoms with Crippen LogP contribution >= 0.6 is 0 Å². The predicted molar refractivity (Wildman–Crippen MR) is 112 cm³/mol. The van der Waals surface area contributed by atoms with E-state index in [1.807, 2.05) is 0 Å². The number of aliphatic imine (C=N–C) groups is 1. The number of fused-ring (bicyclic) bond motifs is 2. The lowest BCUT2D eigenvalue weighted by molar-refractivity contribution is -0.166. The molecule has 0 bridgehead atoms. The lowest BCUT2D eigenvalue weighted by atomic mass is 9.97. The van der Waals surface area contributed by atoms with Crippen LogP contribution in [0.3, 0.4) is 0 Å². The van der Waals surface area contributed by atoms with Gasteiger partial charge in [-0.1, -0.05) is 6.07 Å². The van der Waals surface area contributed by atoms with Crippen molar-refractivity contribution in [1.82, 2.24) is 9.97 Å². The highest BCUT2D eigenvalue weighted by molar-refractivity contribution is 5.95. The molecule has 0 spiro atoms. The van der Waals surface area contributed by atoms with Gasteiger partial charge in [0, 0.05) is 31.0 Å². The summed E-state index contributed by atoms with van der Waals surface area (Å²) in [5, 5.41) is 3.47. The van der Waals surface area contributed by atoms with Crippen molar-refractivity contribution in [2.75, 3.05) is 18.5 Å². The number of anilines is 1. The number of benzene rings is 1. The molecule has 2 aromatic rings. The Labute approximate surface area is 175 Å². The van der Waals surface area contributed by atoms with Gasteiger partial charge in [-0.3, -0.25) is 0 Å². The van der Waals surface area contributed by atoms with Gasteiger partial charge < -0.3 is 14.8 Å². The highest BCUT2D eigenvalue weighted by atomic mass is 16.6. The summed E-state index contributed by atoms with van der Waals surface area (Å²) in [6, 6.07) is 4.45. The number of nitrogens with zero attached hydrogens (tertiary/aromatic N) is 3. The van der Waals surface area contributed by atoms with Crippen molar-refractivity contribution in [2.45, 2.75) is 57.5 Å². The van der Waals surface area contributed by atoms with Crippen molar-refractivity contribution in [2.24, 2.45) is 4.99 Å². The molecule has 5 rings (SSSR count). The van der Waals surface area contributed by atoms with E-state index in [-0.39, 0.29) is 6.61 Å². The van der Waals surface area contributed by atoms with Gasteiger partial charge in [0.2, 0.25) is 0 Å². The van der Waals surface area contributed by atoms with Crippen LogP contribution < -0.4 is 5.32 Å². The number of hydrogen-bond donors (Lipinski definition) is 1. The van der Waals surface area contributed by atoms with E-state index in [1.165, 1.54) is 35.1 Å². The summed E-state index contributed by atoms with van der Waals surface area (Å²) in [5.41, 5.74) is 5.33. The van der Waals surface area contributed by atoms with Gasteiger partial charge in [0.15, 0.2) is 5.82 Å². The van der Waals surface area contributed by atoms with Gasteiger partial charge in [0.25, 0.3) is 11.6 Å². The first-order chi connectivity index (χ1) is 14.7. The van der Waals surface area contributed by atoms with Crippen LogP contribution in [0, 0.1) is 0 Å². The molecule has 2 aliphatic carbocycles. The average Bonchev–Trinajstić information content (AvgIpc) is 3.44. The largest absolute Gasteiger partial charge is 0.463 e. The maximum atomic E-state index is 13.0. The van der Waals surface area contributed by atoms with Gasteiger partial charge in [0.1, 0.15) is 0 Å². The molecule has 3 aliphatic rings. The molecule has 30 heavy (non-hydrogen) atoms. The molecule has 0 saturated carbocycles. The minimum Gasteiger partial charge on any atom is -0.463 e. The third-order valence-electron chi connectivity index (χ3n) is 6.23. The maximum absolute atomic E-state index is 13.0. The lowest BCUT2D eigenvalue weighted by Gasteiger charge is -2.33. The molecule has 1 aromatic heterocycles. The minimum atomic E-state index is -1.39. The van der Waals surface area contributed by atoms with Crippen molar-refractivity contribution in [3.05, 3.63) is 52.6 Å². The Balaban J connectivity index is 1.50. The first kappa shape index (κ1) is 19.0. The molecule has 2 heterocycles. The Kier molecular flexibility index (Phi) is 4.89. The number of rotatable bonds is 4. The Morgan fingerprint density at radius 1 is 1.13 bits per heavy atom. The van der Waals surface area contributed by atoms with Gasteiger partial charge >= 0.3 is 5.97 Å². The Morgan fingerprint density at radius 3 is 2.50 bits per heavy atom. The van der Waals surface area contributed by atoms with Crippen LogP contribution in [0.15, 0.2) is 29.5 Å². The highest BCUT2D eigenvalue weighted by Crippen LogP contribution is 2.39. The summed E-state index contributed by atoms with van der Waals surface area (Å²) in [6.45, 7) is 2.47. The molecule has 156 valence electrons.